The highest BCUT2D eigenvalue weighted by Gasteiger charge is 2.29. The summed E-state index contributed by atoms with van der Waals surface area (Å²) in [7, 11) is 0. The Bertz CT molecular complexity index is 501. The average Bonchev–Trinajstić information content (AvgIpc) is 2.53. The molecular formula is C13H24N4O7S. The molecule has 0 aliphatic carbocycles. The van der Waals surface area contributed by atoms with Gasteiger partial charge in [0.1, 0.15) is 6.04 Å². The number of carboxylic acids is 1. The van der Waals surface area contributed by atoms with Gasteiger partial charge < -0.3 is 37.0 Å². The lowest BCUT2D eigenvalue weighted by molar-refractivity contribution is -0.144. The topological polar surface area (TPSA) is 191 Å². The fourth-order valence-corrected chi connectivity index (χ4v) is 1.80. The van der Waals surface area contributed by atoms with Gasteiger partial charge in [0.25, 0.3) is 0 Å². The van der Waals surface area contributed by atoms with E-state index in [0.717, 1.165) is 0 Å². The van der Waals surface area contributed by atoms with E-state index in [9.17, 15) is 29.4 Å². The van der Waals surface area contributed by atoms with Crippen LogP contribution in [-0.2, 0) is 19.2 Å². The van der Waals surface area contributed by atoms with Gasteiger partial charge in [0.15, 0.2) is 6.04 Å². The van der Waals surface area contributed by atoms with Gasteiger partial charge in [-0.25, -0.2) is 4.79 Å². The predicted octanol–water partition coefficient (Wildman–Crippen LogP) is -3.82. The van der Waals surface area contributed by atoms with E-state index >= 15 is 0 Å². The van der Waals surface area contributed by atoms with Crippen molar-refractivity contribution in [3.63, 3.8) is 0 Å². The van der Waals surface area contributed by atoms with Crippen LogP contribution in [0.5, 0.6) is 0 Å². The third-order valence-corrected chi connectivity index (χ3v) is 3.48. The smallest absolute Gasteiger partial charge is 0.328 e. The highest BCUT2D eigenvalue weighted by molar-refractivity contribution is 7.80. The van der Waals surface area contributed by atoms with Crippen LogP contribution in [0.3, 0.4) is 0 Å². The molecule has 0 aromatic rings. The second-order valence-corrected chi connectivity index (χ2v) is 5.72. The molecule has 0 saturated heterocycles. The zero-order valence-electron chi connectivity index (χ0n) is 13.8. The summed E-state index contributed by atoms with van der Waals surface area (Å²) in [6.07, 6.45) is -2.62. The summed E-state index contributed by atoms with van der Waals surface area (Å²) in [5.41, 5.74) is 5.45. The SMILES string of the molecule is CC(O)C(NC(=O)CNC(=O)C(NC(=O)C(N)CS)C(C)O)C(=O)O. The predicted molar refractivity (Wildman–Crippen MR) is 89.7 cm³/mol. The highest BCUT2D eigenvalue weighted by Crippen LogP contribution is 1.96. The third-order valence-electron chi connectivity index (χ3n) is 3.08. The zero-order valence-corrected chi connectivity index (χ0v) is 14.7. The minimum atomic E-state index is -1.54. The van der Waals surface area contributed by atoms with Crippen molar-refractivity contribution in [2.45, 2.75) is 44.2 Å². The number of carbonyl (C=O) groups excluding carboxylic acids is 3. The van der Waals surface area contributed by atoms with Crippen molar-refractivity contribution in [2.24, 2.45) is 5.73 Å². The van der Waals surface area contributed by atoms with Crippen LogP contribution >= 0.6 is 12.6 Å². The summed E-state index contributed by atoms with van der Waals surface area (Å²) < 4.78 is 0. The Labute approximate surface area is 149 Å². The summed E-state index contributed by atoms with van der Waals surface area (Å²) in [5, 5.41) is 34.1. The standard InChI is InChI=1S/C13H24N4O7S/c1-5(18)9(17-11(21)7(14)4-25)12(22)15-3-8(20)16-10(6(2)19)13(23)24/h5-7,9-10,18-19,25H,3-4,14H2,1-2H3,(H,15,22)(H,16,20)(H,17,21)(H,23,24). The van der Waals surface area contributed by atoms with Crippen LogP contribution in [0.15, 0.2) is 0 Å². The number of thiol groups is 1. The van der Waals surface area contributed by atoms with Crippen molar-refractivity contribution in [3.05, 3.63) is 0 Å². The molecule has 0 saturated carbocycles. The fourth-order valence-electron chi connectivity index (χ4n) is 1.64. The van der Waals surface area contributed by atoms with Gasteiger partial charge in [-0.15, -0.1) is 0 Å². The monoisotopic (exact) mass is 380 g/mol. The lowest BCUT2D eigenvalue weighted by Crippen LogP contribution is -2.57. The van der Waals surface area contributed by atoms with Crippen molar-refractivity contribution in [1.82, 2.24) is 16.0 Å². The number of rotatable bonds is 10. The van der Waals surface area contributed by atoms with Crippen LogP contribution in [0.4, 0.5) is 0 Å². The maximum absolute atomic E-state index is 12.0. The van der Waals surface area contributed by atoms with Gasteiger partial charge in [-0.2, -0.15) is 12.6 Å². The lowest BCUT2D eigenvalue weighted by Gasteiger charge is -2.22. The molecule has 0 aliphatic rings. The molecule has 0 heterocycles. The molecule has 0 radical (unpaired) electrons. The van der Waals surface area contributed by atoms with E-state index in [1.807, 2.05) is 5.32 Å². The quantitative estimate of drug-likeness (QED) is 0.177. The molecule has 0 aliphatic heterocycles. The summed E-state index contributed by atoms with van der Waals surface area (Å²) in [6.45, 7) is 1.82. The molecule has 144 valence electrons. The molecule has 0 fully saturated rings. The minimum Gasteiger partial charge on any atom is -0.480 e. The van der Waals surface area contributed by atoms with Crippen molar-refractivity contribution in [1.29, 1.82) is 0 Å². The van der Waals surface area contributed by atoms with Crippen LogP contribution < -0.4 is 21.7 Å². The molecule has 25 heavy (non-hydrogen) atoms. The molecule has 12 heteroatoms. The summed E-state index contributed by atoms with van der Waals surface area (Å²) in [5.74, 6) is -3.86. The molecule has 0 bridgehead atoms. The number of amides is 3. The van der Waals surface area contributed by atoms with Crippen molar-refractivity contribution < 1.29 is 34.5 Å². The Kier molecular flexibility index (Phi) is 10.0. The molecule has 3 amide bonds. The van der Waals surface area contributed by atoms with E-state index in [1.54, 1.807) is 0 Å². The van der Waals surface area contributed by atoms with Gasteiger partial charge in [-0.1, -0.05) is 0 Å². The van der Waals surface area contributed by atoms with Crippen molar-refractivity contribution >= 4 is 36.3 Å². The Balaban J connectivity index is 4.69. The van der Waals surface area contributed by atoms with E-state index in [4.69, 9.17) is 10.8 Å². The lowest BCUT2D eigenvalue weighted by atomic mass is 10.1. The van der Waals surface area contributed by atoms with E-state index in [2.05, 4.69) is 23.3 Å². The number of aliphatic hydroxyl groups excluding tert-OH is 2. The molecule has 5 atom stereocenters. The number of hydrogen-bond donors (Lipinski definition) is 8. The first kappa shape index (κ1) is 23.1. The molecule has 11 nitrogen and oxygen atoms in total. The number of nitrogens with two attached hydrogens (primary N) is 1. The first-order chi connectivity index (χ1) is 11.5. The van der Waals surface area contributed by atoms with Gasteiger partial charge in [0, 0.05) is 5.75 Å². The first-order valence-electron chi connectivity index (χ1n) is 7.34. The Morgan fingerprint density at radius 2 is 1.52 bits per heavy atom. The maximum atomic E-state index is 12.0. The van der Waals surface area contributed by atoms with Crippen LogP contribution in [0.2, 0.25) is 0 Å². The van der Waals surface area contributed by atoms with Crippen molar-refractivity contribution in [2.75, 3.05) is 12.3 Å². The number of hydrogen-bond acceptors (Lipinski definition) is 8. The van der Waals surface area contributed by atoms with E-state index in [0.29, 0.717) is 0 Å². The summed E-state index contributed by atoms with van der Waals surface area (Å²) in [4.78, 5) is 46.2. The van der Waals surface area contributed by atoms with E-state index in [1.165, 1.54) is 13.8 Å². The second-order valence-electron chi connectivity index (χ2n) is 5.36. The van der Waals surface area contributed by atoms with Gasteiger partial charge in [-0.05, 0) is 13.8 Å². The van der Waals surface area contributed by atoms with Gasteiger partial charge in [0.05, 0.1) is 24.8 Å². The number of carbonyl (C=O) groups is 4. The number of nitrogens with one attached hydrogen (secondary N) is 3. The average molecular weight is 380 g/mol. The largest absolute Gasteiger partial charge is 0.480 e. The highest BCUT2D eigenvalue weighted by atomic mass is 32.1. The minimum absolute atomic E-state index is 0.0261. The molecule has 8 N–H and O–H groups in total. The normalized spacial score (nSPS) is 16.7. The van der Waals surface area contributed by atoms with Crippen molar-refractivity contribution in [3.8, 4) is 0 Å². The Morgan fingerprint density at radius 3 is 1.92 bits per heavy atom. The molecule has 0 rings (SSSR count). The van der Waals surface area contributed by atoms with Gasteiger partial charge in [0.2, 0.25) is 17.7 Å². The van der Waals surface area contributed by atoms with Gasteiger partial charge in [-0.3, -0.25) is 14.4 Å². The van der Waals surface area contributed by atoms with E-state index in [-0.39, 0.29) is 5.75 Å². The summed E-state index contributed by atoms with van der Waals surface area (Å²) in [6, 6.07) is -3.88. The first-order valence-corrected chi connectivity index (χ1v) is 7.97. The molecule has 0 aromatic heterocycles. The number of carboxylic acid groups (broad SMARTS) is 1. The molecule has 5 unspecified atom stereocenters. The number of aliphatic hydroxyl groups is 2. The second kappa shape index (κ2) is 10.9. The van der Waals surface area contributed by atoms with Crippen LogP contribution in [0.25, 0.3) is 0 Å². The van der Waals surface area contributed by atoms with Crippen LogP contribution in [0, 0.1) is 0 Å². The zero-order chi connectivity index (χ0) is 19.7. The maximum Gasteiger partial charge on any atom is 0.328 e. The molecular weight excluding hydrogens is 356 g/mol. The fraction of sp³-hybridized carbons (Fsp3) is 0.692. The third kappa shape index (κ3) is 8.16. The molecule has 0 aromatic carbocycles. The van der Waals surface area contributed by atoms with Gasteiger partial charge >= 0.3 is 5.97 Å². The van der Waals surface area contributed by atoms with E-state index < -0.39 is 60.6 Å². The summed E-state index contributed by atoms with van der Waals surface area (Å²) >= 11 is 3.84. The molecule has 0 spiro atoms. The van der Waals surface area contributed by atoms with Crippen LogP contribution in [0.1, 0.15) is 13.8 Å². The van der Waals surface area contributed by atoms with Crippen LogP contribution in [-0.4, -0.2) is 81.6 Å². The Hall–Kier alpha value is -1.89. The number of aliphatic carboxylic acids is 1. The Morgan fingerprint density at radius 1 is 1.00 bits per heavy atom.